The maximum atomic E-state index is 14.2. The van der Waals surface area contributed by atoms with Crippen LogP contribution in [0.3, 0.4) is 0 Å². The van der Waals surface area contributed by atoms with Crippen LogP contribution in [0.4, 0.5) is 14.5 Å². The van der Waals surface area contributed by atoms with E-state index in [1.165, 1.54) is 12.1 Å². The molecular weight excluding hydrogens is 364 g/mol. The highest BCUT2D eigenvalue weighted by Crippen LogP contribution is 2.29. The van der Waals surface area contributed by atoms with E-state index in [9.17, 15) is 13.6 Å². The third-order valence-electron chi connectivity index (χ3n) is 4.80. The number of hydrogen-bond donors (Lipinski definition) is 2. The maximum absolute atomic E-state index is 14.2. The van der Waals surface area contributed by atoms with Gasteiger partial charge in [0.1, 0.15) is 11.3 Å². The predicted octanol–water partition coefficient (Wildman–Crippen LogP) is 3.13. The fraction of sp³-hybridized carbons (Fsp3) is 0.0500. The van der Waals surface area contributed by atoms with Crippen molar-refractivity contribution in [2.45, 2.75) is 6.54 Å². The Morgan fingerprint density at radius 1 is 1.21 bits per heavy atom. The van der Waals surface area contributed by atoms with E-state index in [-0.39, 0.29) is 12.1 Å². The summed E-state index contributed by atoms with van der Waals surface area (Å²) >= 11 is 0. The minimum absolute atomic E-state index is 0.163. The van der Waals surface area contributed by atoms with Gasteiger partial charge in [-0.25, -0.2) is 18.7 Å². The highest BCUT2D eigenvalue weighted by Gasteiger charge is 2.19. The third kappa shape index (κ3) is 2.34. The molecule has 0 amide bonds. The van der Waals surface area contributed by atoms with E-state index in [0.29, 0.717) is 33.6 Å². The summed E-state index contributed by atoms with van der Waals surface area (Å²) in [7, 11) is 0. The average Bonchev–Trinajstić information content (AvgIpc) is 2.97. The van der Waals surface area contributed by atoms with Gasteiger partial charge < -0.3 is 15.3 Å². The number of allylic oxidation sites excluding steroid dienone is 4. The van der Waals surface area contributed by atoms with E-state index in [1.54, 1.807) is 12.3 Å². The molecule has 0 unspecified atom stereocenters. The minimum atomic E-state index is -1.08. The first-order valence-corrected chi connectivity index (χ1v) is 8.52. The minimum Gasteiger partial charge on any atom is -0.397 e. The number of aromatic amines is 1. The molecule has 0 saturated carbocycles. The molecule has 0 spiro atoms. The summed E-state index contributed by atoms with van der Waals surface area (Å²) in [5.74, 6) is -1.47. The Morgan fingerprint density at radius 3 is 2.79 bits per heavy atom. The molecule has 1 aliphatic carbocycles. The molecule has 3 heterocycles. The predicted molar refractivity (Wildman–Crippen MR) is 103 cm³/mol. The third-order valence-corrected chi connectivity index (χ3v) is 4.80. The van der Waals surface area contributed by atoms with Crippen LogP contribution in [0, 0.1) is 11.6 Å². The molecule has 1 aromatic carbocycles. The second kappa shape index (κ2) is 5.85. The Kier molecular flexibility index (Phi) is 3.42. The molecule has 3 aromatic heterocycles. The van der Waals surface area contributed by atoms with Gasteiger partial charge >= 0.3 is 0 Å². The van der Waals surface area contributed by atoms with Crippen molar-refractivity contribution in [1.29, 1.82) is 0 Å². The van der Waals surface area contributed by atoms with Crippen LogP contribution in [0.2, 0.25) is 0 Å². The Labute approximate surface area is 156 Å². The van der Waals surface area contributed by atoms with Crippen LogP contribution < -0.4 is 11.3 Å². The molecule has 8 heteroatoms. The van der Waals surface area contributed by atoms with Crippen molar-refractivity contribution >= 4 is 33.3 Å². The zero-order valence-electron chi connectivity index (χ0n) is 14.4. The van der Waals surface area contributed by atoms with Gasteiger partial charge in [-0.1, -0.05) is 18.2 Å². The molecule has 138 valence electrons. The van der Waals surface area contributed by atoms with Gasteiger partial charge in [0.15, 0.2) is 17.3 Å². The number of nitrogen functional groups attached to an aromatic ring is 1. The Balaban J connectivity index is 1.76. The summed E-state index contributed by atoms with van der Waals surface area (Å²) < 4.78 is 29.6. The van der Waals surface area contributed by atoms with Crippen LogP contribution in [-0.2, 0) is 6.54 Å². The lowest BCUT2D eigenvalue weighted by atomic mass is 10.1. The molecule has 0 atom stereocenters. The van der Waals surface area contributed by atoms with Gasteiger partial charge in [0.25, 0.3) is 0 Å². The van der Waals surface area contributed by atoms with Gasteiger partial charge in [0, 0.05) is 23.2 Å². The molecule has 3 N–H and O–H groups in total. The van der Waals surface area contributed by atoms with Crippen LogP contribution >= 0.6 is 0 Å². The zero-order valence-corrected chi connectivity index (χ0v) is 14.4. The van der Waals surface area contributed by atoms with Crippen LogP contribution in [0.15, 0.2) is 53.5 Å². The van der Waals surface area contributed by atoms with E-state index in [4.69, 9.17) is 5.73 Å². The highest BCUT2D eigenvalue weighted by atomic mass is 19.2. The smallest absolute Gasteiger partial charge is 0.248 e. The number of imidazole rings is 1. The fourth-order valence-corrected chi connectivity index (χ4v) is 3.38. The van der Waals surface area contributed by atoms with Gasteiger partial charge in [-0.05, 0) is 23.8 Å². The first-order valence-electron chi connectivity index (χ1n) is 8.52. The van der Waals surface area contributed by atoms with Crippen molar-refractivity contribution in [3.8, 4) is 0 Å². The number of nitrogens with zero attached hydrogens (tertiary/aromatic N) is 3. The molecular formula is C20H13F2N5O. The number of nitrogens with one attached hydrogen (secondary N) is 1. The first kappa shape index (κ1) is 16.4. The lowest BCUT2D eigenvalue weighted by Gasteiger charge is -2.13. The lowest BCUT2D eigenvalue weighted by molar-refractivity contribution is 0.515. The summed E-state index contributed by atoms with van der Waals surface area (Å²) in [6.45, 7) is 0.193. The first-order chi connectivity index (χ1) is 13.5. The maximum Gasteiger partial charge on any atom is 0.248 e. The Morgan fingerprint density at radius 2 is 2.04 bits per heavy atom. The zero-order chi connectivity index (χ0) is 19.4. The molecule has 5 rings (SSSR count). The molecule has 0 radical (unpaired) electrons. The van der Waals surface area contributed by atoms with Crippen molar-refractivity contribution in [1.82, 2.24) is 19.5 Å². The van der Waals surface area contributed by atoms with Gasteiger partial charge in [-0.2, -0.15) is 0 Å². The largest absolute Gasteiger partial charge is 0.397 e. The van der Waals surface area contributed by atoms with Crippen molar-refractivity contribution in [2.75, 3.05) is 5.73 Å². The summed E-state index contributed by atoms with van der Waals surface area (Å²) in [6.07, 6.45) is 7.27. The van der Waals surface area contributed by atoms with Gasteiger partial charge in [-0.3, -0.25) is 4.79 Å². The van der Waals surface area contributed by atoms with E-state index in [1.807, 2.05) is 22.8 Å². The van der Waals surface area contributed by atoms with Crippen LogP contribution in [0.1, 0.15) is 11.4 Å². The van der Waals surface area contributed by atoms with Crippen molar-refractivity contribution < 1.29 is 8.78 Å². The number of hydrogen-bond acceptors (Lipinski definition) is 4. The standard InChI is InChI=1S/C20H13F2N5O/c21-13-5-4-12-11(8-15(28)25-17(12)16(13)22)9-27-19(10-2-1-3-10)26-18-14(23)6-7-24-20(18)27/h1-8H,9H2,(H2,23,24)(H,25,28). The number of aromatic nitrogens is 4. The summed E-state index contributed by atoms with van der Waals surface area (Å²) in [4.78, 5) is 23.4. The number of rotatable bonds is 3. The Bertz CT molecular complexity index is 1400. The molecule has 0 saturated heterocycles. The molecule has 1 aliphatic rings. The topological polar surface area (TPSA) is 89.6 Å². The second-order valence-corrected chi connectivity index (χ2v) is 6.52. The molecule has 0 aliphatic heterocycles. The van der Waals surface area contributed by atoms with E-state index >= 15 is 0 Å². The highest BCUT2D eigenvalue weighted by molar-refractivity contribution is 5.90. The van der Waals surface area contributed by atoms with Crippen LogP contribution in [0.5, 0.6) is 0 Å². The number of nitrogens with two attached hydrogens (primary N) is 1. The van der Waals surface area contributed by atoms with Gasteiger partial charge in [0.05, 0.1) is 17.7 Å². The number of halogens is 2. The van der Waals surface area contributed by atoms with E-state index < -0.39 is 17.2 Å². The molecule has 0 bridgehead atoms. The molecule has 0 fully saturated rings. The van der Waals surface area contributed by atoms with Crippen LogP contribution in [-0.4, -0.2) is 19.5 Å². The van der Waals surface area contributed by atoms with Crippen molar-refractivity contribution in [2.24, 2.45) is 0 Å². The summed E-state index contributed by atoms with van der Waals surface area (Å²) in [5, 5.41) is 0.410. The number of H-pyrrole nitrogens is 1. The van der Waals surface area contributed by atoms with Crippen molar-refractivity contribution in [3.63, 3.8) is 0 Å². The summed E-state index contributed by atoms with van der Waals surface area (Å²) in [6, 6.07) is 5.52. The van der Waals surface area contributed by atoms with E-state index in [2.05, 4.69) is 15.0 Å². The van der Waals surface area contributed by atoms with Crippen molar-refractivity contribution in [3.05, 3.63) is 82.1 Å². The quantitative estimate of drug-likeness (QED) is 0.574. The number of benzene rings is 1. The SMILES string of the molecule is Nc1ccnc2c1nc(C1=CC=C1)n2Cc1cc(=O)[nH]c2c(F)c(F)ccc12. The average molecular weight is 377 g/mol. The second-order valence-electron chi connectivity index (χ2n) is 6.52. The van der Waals surface area contributed by atoms with Crippen LogP contribution in [0.25, 0.3) is 27.6 Å². The number of anilines is 1. The summed E-state index contributed by atoms with van der Waals surface area (Å²) in [5.41, 5.74) is 8.35. The molecule has 6 nitrogen and oxygen atoms in total. The lowest BCUT2D eigenvalue weighted by Crippen LogP contribution is -2.12. The monoisotopic (exact) mass is 377 g/mol. The Hall–Kier alpha value is -3.81. The van der Waals surface area contributed by atoms with Gasteiger partial charge in [-0.15, -0.1) is 0 Å². The number of pyridine rings is 2. The van der Waals surface area contributed by atoms with E-state index in [0.717, 1.165) is 11.6 Å². The molecule has 4 aromatic rings. The molecule has 28 heavy (non-hydrogen) atoms. The normalized spacial score (nSPS) is 13.1. The number of fused-ring (bicyclic) bond motifs is 2. The van der Waals surface area contributed by atoms with Gasteiger partial charge in [0.2, 0.25) is 5.56 Å². The fourth-order valence-electron chi connectivity index (χ4n) is 3.38.